The lowest BCUT2D eigenvalue weighted by Crippen LogP contribution is -2.16. The zero-order valence-corrected chi connectivity index (χ0v) is 35.2. The van der Waals surface area contributed by atoms with Crippen LogP contribution in [0.3, 0.4) is 0 Å². The van der Waals surface area contributed by atoms with Gasteiger partial charge >= 0.3 is 0 Å². The van der Waals surface area contributed by atoms with E-state index in [1.807, 2.05) is 18.2 Å². The van der Waals surface area contributed by atoms with E-state index < -0.39 is 0 Å². The number of para-hydroxylation sites is 2. The zero-order chi connectivity index (χ0) is 42.7. The lowest BCUT2D eigenvalue weighted by Gasteiger charge is -2.28. The Morgan fingerprint density at radius 1 is 0.397 bits per heavy atom. The van der Waals surface area contributed by atoms with Gasteiger partial charge in [0.2, 0.25) is 0 Å². The van der Waals surface area contributed by atoms with Crippen LogP contribution in [0, 0.1) is 24.7 Å². The minimum Gasteiger partial charge on any atom is -0.310 e. The SMILES string of the molecule is C#Cc1ccc(-c2cccc(-c3ccc(N(c4ccc(-c5ccc6c(c5)c5ccccc5n6-c5ccccc5)cc4)c4ccc5c(c4)C(C)(C)c4ccccc4-5)cc3)c2)cc1C#C. The molecule has 0 saturated heterocycles. The molecule has 10 aromatic rings. The molecule has 0 unspecified atom stereocenters. The van der Waals surface area contributed by atoms with E-state index in [0.717, 1.165) is 56.1 Å². The first kappa shape index (κ1) is 37.7. The third-order valence-corrected chi connectivity index (χ3v) is 13.0. The minimum absolute atomic E-state index is 0.128. The summed E-state index contributed by atoms with van der Waals surface area (Å²) in [6.07, 6.45) is 11.5. The summed E-state index contributed by atoms with van der Waals surface area (Å²) in [7, 11) is 0. The van der Waals surface area contributed by atoms with Gasteiger partial charge in [0, 0.05) is 50.1 Å². The molecule has 2 heteroatoms. The Kier molecular flexibility index (Phi) is 8.97. The predicted octanol–water partition coefficient (Wildman–Crippen LogP) is 15.5. The number of fused-ring (bicyclic) bond motifs is 6. The third kappa shape index (κ3) is 6.32. The van der Waals surface area contributed by atoms with E-state index in [0.29, 0.717) is 0 Å². The van der Waals surface area contributed by atoms with Crippen LogP contribution in [-0.4, -0.2) is 4.57 Å². The molecule has 296 valence electrons. The van der Waals surface area contributed by atoms with Crippen molar-refractivity contribution in [2.24, 2.45) is 0 Å². The Labute approximate surface area is 369 Å². The highest BCUT2D eigenvalue weighted by atomic mass is 15.1. The summed E-state index contributed by atoms with van der Waals surface area (Å²) < 4.78 is 2.36. The van der Waals surface area contributed by atoms with Crippen LogP contribution in [0.4, 0.5) is 17.1 Å². The molecular weight excluding hydrogens is 761 g/mol. The molecule has 0 saturated carbocycles. The molecule has 0 atom stereocenters. The molecule has 1 aromatic heterocycles. The van der Waals surface area contributed by atoms with E-state index in [2.05, 4.69) is 223 Å². The van der Waals surface area contributed by atoms with Gasteiger partial charge in [-0.1, -0.05) is 147 Å². The van der Waals surface area contributed by atoms with Crippen LogP contribution in [0.5, 0.6) is 0 Å². The van der Waals surface area contributed by atoms with Crippen molar-refractivity contribution in [3.63, 3.8) is 0 Å². The van der Waals surface area contributed by atoms with Gasteiger partial charge in [-0.05, 0) is 141 Å². The second-order valence-electron chi connectivity index (χ2n) is 16.9. The number of aromatic nitrogens is 1. The largest absolute Gasteiger partial charge is 0.310 e. The van der Waals surface area contributed by atoms with Gasteiger partial charge in [-0.15, -0.1) is 12.8 Å². The van der Waals surface area contributed by atoms with Gasteiger partial charge in [-0.3, -0.25) is 0 Å². The Hall–Kier alpha value is -8.30. The normalized spacial score (nSPS) is 12.4. The summed E-state index contributed by atoms with van der Waals surface area (Å²) in [6, 6.07) is 74.5. The van der Waals surface area contributed by atoms with E-state index >= 15 is 0 Å². The summed E-state index contributed by atoms with van der Waals surface area (Å²) in [5, 5.41) is 2.48. The number of benzene rings is 9. The number of rotatable bonds is 7. The van der Waals surface area contributed by atoms with Crippen LogP contribution < -0.4 is 4.90 Å². The first-order valence-electron chi connectivity index (χ1n) is 21.4. The number of hydrogen-bond acceptors (Lipinski definition) is 1. The van der Waals surface area contributed by atoms with Crippen LogP contribution in [0.2, 0.25) is 0 Å². The Balaban J connectivity index is 0.983. The van der Waals surface area contributed by atoms with Crippen LogP contribution in [0.1, 0.15) is 36.1 Å². The van der Waals surface area contributed by atoms with Crippen LogP contribution in [-0.2, 0) is 5.41 Å². The van der Waals surface area contributed by atoms with Crippen LogP contribution in [0.25, 0.3) is 72.0 Å². The fraction of sp³-hybridized carbons (Fsp3) is 0.0492. The molecule has 1 aliphatic rings. The highest BCUT2D eigenvalue weighted by molar-refractivity contribution is 6.10. The molecule has 9 aromatic carbocycles. The lowest BCUT2D eigenvalue weighted by molar-refractivity contribution is 0.660. The summed E-state index contributed by atoms with van der Waals surface area (Å²) in [5.74, 6) is 5.45. The monoisotopic (exact) mass is 802 g/mol. The summed E-state index contributed by atoms with van der Waals surface area (Å²) in [4.78, 5) is 2.38. The first-order valence-corrected chi connectivity index (χ1v) is 21.4. The number of hydrogen-bond donors (Lipinski definition) is 0. The number of anilines is 3. The summed E-state index contributed by atoms with van der Waals surface area (Å²) in [6.45, 7) is 4.68. The van der Waals surface area contributed by atoms with Crippen molar-refractivity contribution in [3.8, 4) is 74.9 Å². The van der Waals surface area contributed by atoms with E-state index in [4.69, 9.17) is 12.8 Å². The second kappa shape index (κ2) is 15.0. The van der Waals surface area contributed by atoms with E-state index in [1.165, 1.54) is 55.2 Å². The molecule has 0 amide bonds. The first-order chi connectivity index (χ1) is 30.9. The molecule has 0 spiro atoms. The maximum atomic E-state index is 5.81. The van der Waals surface area contributed by atoms with Crippen LogP contribution in [0.15, 0.2) is 206 Å². The molecular formula is C61H42N2. The topological polar surface area (TPSA) is 8.17 Å². The van der Waals surface area contributed by atoms with Gasteiger partial charge in [0.05, 0.1) is 11.0 Å². The fourth-order valence-electron chi connectivity index (χ4n) is 9.74. The van der Waals surface area contributed by atoms with Crippen molar-refractivity contribution in [2.75, 3.05) is 4.90 Å². The Morgan fingerprint density at radius 3 is 1.68 bits per heavy atom. The highest BCUT2D eigenvalue weighted by Gasteiger charge is 2.35. The predicted molar refractivity (Wildman–Crippen MR) is 265 cm³/mol. The van der Waals surface area contributed by atoms with Gasteiger partial charge in [-0.2, -0.15) is 0 Å². The zero-order valence-electron chi connectivity index (χ0n) is 35.2. The van der Waals surface area contributed by atoms with Crippen molar-refractivity contribution in [1.82, 2.24) is 4.57 Å². The summed E-state index contributed by atoms with van der Waals surface area (Å²) >= 11 is 0. The molecule has 0 aliphatic heterocycles. The van der Waals surface area contributed by atoms with Crippen molar-refractivity contribution in [1.29, 1.82) is 0 Å². The molecule has 0 fully saturated rings. The molecule has 11 rings (SSSR count). The quantitative estimate of drug-likeness (QED) is 0.146. The maximum Gasteiger partial charge on any atom is 0.0541 e. The maximum absolute atomic E-state index is 5.81. The van der Waals surface area contributed by atoms with Gasteiger partial charge in [0.15, 0.2) is 0 Å². The van der Waals surface area contributed by atoms with Crippen LogP contribution >= 0.6 is 0 Å². The van der Waals surface area contributed by atoms with Crippen molar-refractivity contribution in [3.05, 3.63) is 229 Å². The molecule has 0 N–H and O–H groups in total. The van der Waals surface area contributed by atoms with Crippen molar-refractivity contribution >= 4 is 38.9 Å². The van der Waals surface area contributed by atoms with Gasteiger partial charge in [-0.25, -0.2) is 0 Å². The molecule has 1 aliphatic carbocycles. The smallest absolute Gasteiger partial charge is 0.0541 e. The van der Waals surface area contributed by atoms with Gasteiger partial charge in [0.1, 0.15) is 0 Å². The Morgan fingerprint density at radius 2 is 0.952 bits per heavy atom. The van der Waals surface area contributed by atoms with E-state index in [9.17, 15) is 0 Å². The van der Waals surface area contributed by atoms with Crippen molar-refractivity contribution < 1.29 is 0 Å². The second-order valence-corrected chi connectivity index (χ2v) is 16.9. The van der Waals surface area contributed by atoms with Gasteiger partial charge in [0.25, 0.3) is 0 Å². The molecule has 63 heavy (non-hydrogen) atoms. The lowest BCUT2D eigenvalue weighted by atomic mass is 9.82. The van der Waals surface area contributed by atoms with Crippen molar-refractivity contribution in [2.45, 2.75) is 19.3 Å². The van der Waals surface area contributed by atoms with E-state index in [-0.39, 0.29) is 5.41 Å². The highest BCUT2D eigenvalue weighted by Crippen LogP contribution is 2.51. The van der Waals surface area contributed by atoms with Gasteiger partial charge < -0.3 is 9.47 Å². The number of terminal acetylenes is 2. The van der Waals surface area contributed by atoms with E-state index in [1.54, 1.807) is 0 Å². The third-order valence-electron chi connectivity index (χ3n) is 13.0. The molecule has 2 nitrogen and oxygen atoms in total. The molecule has 1 heterocycles. The summed E-state index contributed by atoms with van der Waals surface area (Å²) in [5.41, 5.74) is 20.2. The average molecular weight is 803 g/mol. The standard InChI is InChI=1S/C61H42N2/c1-5-41-23-24-47(37-42(41)6-2)46-16-14-15-45(38-46)43-25-30-50(31-26-43)62(52-34-35-54-53-19-10-12-21-57(53)61(3,4)58(54)40-52)51-32-27-44(28-33-51)48-29-36-60-56(39-48)55-20-11-13-22-59(55)63(60)49-17-8-7-9-18-49/h1-2,7-40H,3-4H3. The molecule has 0 radical (unpaired) electrons. The minimum atomic E-state index is -0.128. The molecule has 0 bridgehead atoms. The Bertz CT molecular complexity index is 3480. The fourth-order valence-corrected chi connectivity index (χ4v) is 9.74. The number of nitrogens with zero attached hydrogens (tertiary/aromatic N) is 2. The average Bonchev–Trinajstić information content (AvgIpc) is 3.79.